The summed E-state index contributed by atoms with van der Waals surface area (Å²) < 4.78 is 38.9. The highest BCUT2D eigenvalue weighted by Gasteiger charge is 2.26. The van der Waals surface area contributed by atoms with E-state index in [0.717, 1.165) is 10.4 Å². The van der Waals surface area contributed by atoms with Crippen molar-refractivity contribution in [1.82, 2.24) is 5.16 Å². The van der Waals surface area contributed by atoms with Crippen molar-refractivity contribution >= 4 is 56.5 Å². The number of hydrogen-bond acceptors (Lipinski definition) is 6. The van der Waals surface area contributed by atoms with Crippen LogP contribution < -0.4 is 9.04 Å². The van der Waals surface area contributed by atoms with E-state index >= 15 is 0 Å². The lowest BCUT2D eigenvalue weighted by molar-refractivity contribution is 0.0696. The van der Waals surface area contributed by atoms with Crippen LogP contribution in [0.25, 0.3) is 11.3 Å². The van der Waals surface area contributed by atoms with Crippen LogP contribution in [0, 0.1) is 0 Å². The summed E-state index contributed by atoms with van der Waals surface area (Å²) in [6.45, 7) is 3.96. The molecule has 4 rings (SSSR count). The molecule has 39 heavy (non-hydrogen) atoms. The summed E-state index contributed by atoms with van der Waals surface area (Å²) in [4.78, 5) is 11.1. The summed E-state index contributed by atoms with van der Waals surface area (Å²) in [5, 5.41) is 14.4. The molecular weight excluding hydrogens is 587 g/mol. The van der Waals surface area contributed by atoms with Crippen molar-refractivity contribution in [2.45, 2.75) is 31.3 Å². The predicted octanol–water partition coefficient (Wildman–Crippen LogP) is 7.53. The second-order valence-electron chi connectivity index (χ2n) is 8.83. The molecule has 204 valence electrons. The maximum Gasteiger partial charge on any atom is 0.335 e. The van der Waals surface area contributed by atoms with Crippen LogP contribution in [0.5, 0.6) is 5.75 Å². The lowest BCUT2D eigenvalue weighted by Gasteiger charge is -2.21. The fourth-order valence-corrected chi connectivity index (χ4v) is 6.09. The van der Waals surface area contributed by atoms with Gasteiger partial charge in [0, 0.05) is 24.6 Å². The standard InChI is InChI=1S/C27H23Cl3N2O6S/c1-15(2)26-19(25(31-38-26)24-20(28)8-5-9-21(24)29)14-37-17-10-11-23(22(30)13-17)32(3)39(35,36)18-7-4-6-16(12-18)27(33)34/h4-13,15H,14H2,1-3H3,(H,33,34). The summed E-state index contributed by atoms with van der Waals surface area (Å²) >= 11 is 19.3. The molecule has 0 fully saturated rings. The number of anilines is 1. The quantitative estimate of drug-likeness (QED) is 0.209. The van der Waals surface area contributed by atoms with Gasteiger partial charge in [0.15, 0.2) is 0 Å². The fourth-order valence-electron chi connectivity index (χ4n) is 3.90. The summed E-state index contributed by atoms with van der Waals surface area (Å²) in [7, 11) is -2.76. The van der Waals surface area contributed by atoms with E-state index in [0.29, 0.717) is 38.4 Å². The molecule has 0 aliphatic heterocycles. The third kappa shape index (κ3) is 5.86. The van der Waals surface area contributed by atoms with Gasteiger partial charge in [-0.15, -0.1) is 0 Å². The van der Waals surface area contributed by atoms with Gasteiger partial charge in [-0.05, 0) is 42.5 Å². The SMILES string of the molecule is CC(C)c1onc(-c2c(Cl)cccc2Cl)c1COc1ccc(N(C)S(=O)(=O)c2cccc(C(=O)O)c2)c(Cl)c1. The first-order valence-corrected chi connectivity index (χ1v) is 14.2. The van der Waals surface area contributed by atoms with Crippen LogP contribution in [0.1, 0.15) is 41.4 Å². The normalized spacial score (nSPS) is 11.6. The molecule has 0 aliphatic rings. The van der Waals surface area contributed by atoms with Gasteiger partial charge in [0.25, 0.3) is 10.0 Å². The number of rotatable bonds is 9. The van der Waals surface area contributed by atoms with Gasteiger partial charge in [0.05, 0.1) is 36.8 Å². The predicted molar refractivity (Wildman–Crippen MR) is 151 cm³/mol. The molecule has 0 bridgehead atoms. The minimum Gasteiger partial charge on any atom is -0.489 e. The molecule has 1 aromatic heterocycles. The van der Waals surface area contributed by atoms with Crippen LogP contribution in [0.15, 0.2) is 70.1 Å². The number of ether oxygens (including phenoxy) is 1. The van der Waals surface area contributed by atoms with E-state index in [-0.39, 0.29) is 33.7 Å². The van der Waals surface area contributed by atoms with Crippen LogP contribution in [-0.2, 0) is 16.6 Å². The van der Waals surface area contributed by atoms with Crippen molar-refractivity contribution in [3.63, 3.8) is 0 Å². The number of carbonyl (C=O) groups is 1. The molecule has 0 aliphatic carbocycles. The smallest absolute Gasteiger partial charge is 0.335 e. The molecule has 1 N–H and O–H groups in total. The largest absolute Gasteiger partial charge is 0.489 e. The number of sulfonamides is 1. The molecule has 0 saturated heterocycles. The van der Waals surface area contributed by atoms with Crippen molar-refractivity contribution in [1.29, 1.82) is 0 Å². The van der Waals surface area contributed by atoms with Gasteiger partial charge in [0.2, 0.25) is 0 Å². The van der Waals surface area contributed by atoms with Gasteiger partial charge in [-0.25, -0.2) is 13.2 Å². The van der Waals surface area contributed by atoms with Crippen molar-refractivity contribution < 1.29 is 27.6 Å². The second-order valence-corrected chi connectivity index (χ2v) is 12.0. The van der Waals surface area contributed by atoms with E-state index in [2.05, 4.69) is 5.16 Å². The van der Waals surface area contributed by atoms with E-state index in [1.807, 2.05) is 13.8 Å². The minimum atomic E-state index is -4.09. The van der Waals surface area contributed by atoms with Crippen LogP contribution in [0.4, 0.5) is 5.69 Å². The van der Waals surface area contributed by atoms with Crippen molar-refractivity contribution in [2.24, 2.45) is 0 Å². The number of hydrogen-bond donors (Lipinski definition) is 1. The van der Waals surface area contributed by atoms with Crippen molar-refractivity contribution in [3.05, 3.63) is 92.6 Å². The lowest BCUT2D eigenvalue weighted by Crippen LogP contribution is -2.27. The minimum absolute atomic E-state index is 0.00411. The third-order valence-electron chi connectivity index (χ3n) is 5.92. The molecule has 0 radical (unpaired) electrons. The molecular formula is C27H23Cl3N2O6S. The number of benzene rings is 3. The molecule has 4 aromatic rings. The number of carboxylic acid groups (broad SMARTS) is 1. The Kier molecular flexibility index (Phi) is 8.46. The Labute approximate surface area is 240 Å². The Balaban J connectivity index is 1.61. The molecule has 12 heteroatoms. The first kappa shape index (κ1) is 28.8. The number of aromatic nitrogens is 1. The van der Waals surface area contributed by atoms with Gasteiger partial charge < -0.3 is 14.4 Å². The molecule has 0 saturated carbocycles. The Morgan fingerprint density at radius 2 is 1.69 bits per heavy atom. The van der Waals surface area contributed by atoms with E-state index in [1.54, 1.807) is 24.3 Å². The molecule has 8 nitrogen and oxygen atoms in total. The van der Waals surface area contributed by atoms with Gasteiger partial charge in [-0.1, -0.05) is 65.9 Å². The third-order valence-corrected chi connectivity index (χ3v) is 8.62. The van der Waals surface area contributed by atoms with Crippen LogP contribution in [0.3, 0.4) is 0 Å². The maximum atomic E-state index is 13.2. The number of aromatic carboxylic acids is 1. The van der Waals surface area contributed by atoms with Crippen LogP contribution >= 0.6 is 34.8 Å². The Bertz CT molecular complexity index is 1630. The lowest BCUT2D eigenvalue weighted by atomic mass is 10.0. The molecule has 3 aromatic carbocycles. The first-order valence-electron chi connectivity index (χ1n) is 11.6. The summed E-state index contributed by atoms with van der Waals surface area (Å²) in [5.74, 6) is -0.258. The monoisotopic (exact) mass is 608 g/mol. The molecule has 1 heterocycles. The van der Waals surface area contributed by atoms with Gasteiger partial charge in [-0.3, -0.25) is 4.31 Å². The molecule has 0 spiro atoms. The molecule has 0 unspecified atom stereocenters. The average Bonchev–Trinajstić information content (AvgIpc) is 3.31. The van der Waals surface area contributed by atoms with E-state index in [1.165, 1.54) is 37.4 Å². The zero-order valence-electron chi connectivity index (χ0n) is 21.0. The van der Waals surface area contributed by atoms with Gasteiger partial charge in [0.1, 0.15) is 23.8 Å². The Hall–Kier alpha value is -3.24. The van der Waals surface area contributed by atoms with E-state index < -0.39 is 16.0 Å². The zero-order chi connectivity index (χ0) is 28.5. The number of carboxylic acids is 1. The fraction of sp³-hybridized carbons (Fsp3) is 0.185. The summed E-state index contributed by atoms with van der Waals surface area (Å²) in [6.07, 6.45) is 0. The first-order chi connectivity index (χ1) is 18.4. The highest BCUT2D eigenvalue weighted by atomic mass is 35.5. The summed E-state index contributed by atoms with van der Waals surface area (Å²) in [5.41, 5.74) is 1.69. The van der Waals surface area contributed by atoms with Gasteiger partial charge in [-0.2, -0.15) is 0 Å². The van der Waals surface area contributed by atoms with E-state index in [4.69, 9.17) is 44.1 Å². The Morgan fingerprint density at radius 3 is 2.31 bits per heavy atom. The van der Waals surface area contributed by atoms with Crippen LogP contribution in [-0.4, -0.2) is 31.7 Å². The topological polar surface area (TPSA) is 110 Å². The van der Waals surface area contributed by atoms with Crippen LogP contribution in [0.2, 0.25) is 15.1 Å². The van der Waals surface area contributed by atoms with Gasteiger partial charge >= 0.3 is 5.97 Å². The molecule has 0 amide bonds. The summed E-state index contributed by atoms with van der Waals surface area (Å²) in [6, 6.07) is 14.8. The van der Waals surface area contributed by atoms with Crippen molar-refractivity contribution in [3.8, 4) is 17.0 Å². The average molecular weight is 610 g/mol. The zero-order valence-corrected chi connectivity index (χ0v) is 24.1. The van der Waals surface area contributed by atoms with Crippen molar-refractivity contribution in [2.75, 3.05) is 11.4 Å². The number of nitrogens with zero attached hydrogens (tertiary/aromatic N) is 2. The Morgan fingerprint density at radius 1 is 1.03 bits per heavy atom. The highest BCUT2D eigenvalue weighted by Crippen LogP contribution is 2.39. The second kappa shape index (κ2) is 11.5. The number of halogens is 3. The maximum absolute atomic E-state index is 13.2. The highest BCUT2D eigenvalue weighted by molar-refractivity contribution is 7.92. The van der Waals surface area contributed by atoms with E-state index in [9.17, 15) is 18.3 Å². The molecule has 0 atom stereocenters.